The molecule has 0 saturated carbocycles. The van der Waals surface area contributed by atoms with E-state index in [0.717, 1.165) is 10.8 Å². The molecule has 140 valence electrons. The number of alkyl halides is 3. The number of hydrogen-bond donors (Lipinski definition) is 0. The summed E-state index contributed by atoms with van der Waals surface area (Å²) in [5.41, 5.74) is -0.373. The topological polar surface area (TPSA) is 38.7 Å². The second-order valence-corrected chi connectivity index (χ2v) is 7.62. The van der Waals surface area contributed by atoms with Crippen LogP contribution in [0, 0.1) is 0 Å². The Morgan fingerprint density at radius 1 is 1.07 bits per heavy atom. The molecule has 0 radical (unpaired) electrons. The molecule has 3 nitrogen and oxygen atoms in total. The minimum atomic E-state index is -3.71. The van der Waals surface area contributed by atoms with Gasteiger partial charge in [-0.05, 0) is 52.7 Å². The van der Waals surface area contributed by atoms with E-state index >= 15 is 0 Å². The van der Waals surface area contributed by atoms with E-state index in [1.54, 1.807) is 24.3 Å². The van der Waals surface area contributed by atoms with Crippen molar-refractivity contribution in [1.29, 1.82) is 0 Å². The second kappa shape index (κ2) is 8.15. The molecule has 0 bridgehead atoms. The fourth-order valence-corrected chi connectivity index (χ4v) is 4.09. The van der Waals surface area contributed by atoms with Crippen molar-refractivity contribution in [3.63, 3.8) is 0 Å². The largest absolute Gasteiger partial charge is 0.497 e. The Balaban J connectivity index is 1.94. The van der Waals surface area contributed by atoms with Crippen LogP contribution >= 0.6 is 11.6 Å². The Hall–Kier alpha value is -2.31. The molecule has 0 N–H and O–H groups in total. The highest BCUT2D eigenvalue weighted by molar-refractivity contribution is 7.86. The third-order valence-electron chi connectivity index (χ3n) is 3.93. The summed E-state index contributed by atoms with van der Waals surface area (Å²) >= 11 is 5.23. The summed E-state index contributed by atoms with van der Waals surface area (Å²) in [7, 11) is -0.230. The van der Waals surface area contributed by atoms with Gasteiger partial charge in [-0.15, -0.1) is 0 Å². The smallest absolute Gasteiger partial charge is 0.361 e. The lowest BCUT2D eigenvalue weighted by atomic mass is 10.1. The Morgan fingerprint density at radius 2 is 1.74 bits per heavy atom. The van der Waals surface area contributed by atoms with Crippen LogP contribution in [0.2, 0.25) is 0 Å². The molecule has 3 aromatic rings. The first-order chi connectivity index (χ1) is 12.9. The number of methoxy groups -OCH3 is 1. The van der Waals surface area contributed by atoms with Gasteiger partial charge < -0.3 is 4.74 Å². The van der Waals surface area contributed by atoms with Crippen LogP contribution in [0.3, 0.4) is 0 Å². The number of aliphatic imine (C=N–C) groups is 1. The molecule has 0 fully saturated rings. The molecular weight excluding hydrogens is 392 g/mol. The molecule has 0 heterocycles. The summed E-state index contributed by atoms with van der Waals surface area (Å²) in [6.45, 7) is 0. The van der Waals surface area contributed by atoms with E-state index in [2.05, 4.69) is 4.99 Å². The average Bonchev–Trinajstić information content (AvgIpc) is 2.66. The zero-order chi connectivity index (χ0) is 19.4. The van der Waals surface area contributed by atoms with Crippen molar-refractivity contribution < 1.29 is 17.7 Å². The lowest BCUT2D eigenvalue weighted by molar-refractivity contribution is 0.175. The first-order valence-corrected chi connectivity index (χ1v) is 9.73. The van der Waals surface area contributed by atoms with Gasteiger partial charge in [0.15, 0.2) is 0 Å². The number of nitrogens with zero attached hydrogens (tertiary/aromatic N) is 1. The fraction of sp³-hybridized carbons (Fsp3) is 0.150. The first kappa shape index (κ1) is 19.5. The van der Waals surface area contributed by atoms with Crippen molar-refractivity contribution in [3.8, 4) is 5.75 Å². The van der Waals surface area contributed by atoms with E-state index in [0.29, 0.717) is 10.6 Å². The van der Waals surface area contributed by atoms with Gasteiger partial charge in [-0.3, -0.25) is 4.21 Å². The van der Waals surface area contributed by atoms with Crippen molar-refractivity contribution in [3.05, 3.63) is 66.7 Å². The van der Waals surface area contributed by atoms with E-state index < -0.39 is 27.6 Å². The highest BCUT2D eigenvalue weighted by Crippen LogP contribution is 2.28. The van der Waals surface area contributed by atoms with Gasteiger partial charge >= 0.3 is 5.38 Å². The number of fused-ring (bicyclic) bond motifs is 1. The van der Waals surface area contributed by atoms with Crippen LogP contribution < -0.4 is 4.74 Å². The third-order valence-corrected chi connectivity index (χ3v) is 5.53. The Morgan fingerprint density at radius 3 is 2.41 bits per heavy atom. The number of halogens is 3. The van der Waals surface area contributed by atoms with Gasteiger partial charge in [-0.25, -0.2) is 4.99 Å². The van der Waals surface area contributed by atoms with E-state index in [4.69, 9.17) is 16.3 Å². The van der Waals surface area contributed by atoms with E-state index in [1.165, 1.54) is 19.2 Å². The van der Waals surface area contributed by atoms with Crippen LogP contribution in [0.1, 0.15) is 0 Å². The number of rotatable bonds is 6. The molecule has 0 saturated heterocycles. The quantitative estimate of drug-likeness (QED) is 0.396. The predicted octanol–water partition coefficient (Wildman–Crippen LogP) is 5.56. The molecule has 0 unspecified atom stereocenters. The normalized spacial score (nSPS) is 13.6. The molecule has 0 spiro atoms. The maximum absolute atomic E-state index is 13.9. The summed E-state index contributed by atoms with van der Waals surface area (Å²) in [5.74, 6) is 0.101. The van der Waals surface area contributed by atoms with Gasteiger partial charge in [-0.1, -0.05) is 36.4 Å². The van der Waals surface area contributed by atoms with Crippen LogP contribution in [0.4, 0.5) is 14.5 Å². The van der Waals surface area contributed by atoms with Crippen LogP contribution in [-0.2, 0) is 10.8 Å². The van der Waals surface area contributed by atoms with E-state index in [9.17, 15) is 13.0 Å². The monoisotopic (exact) mass is 407 g/mol. The van der Waals surface area contributed by atoms with Gasteiger partial charge in [0.05, 0.1) is 29.3 Å². The zero-order valence-corrected chi connectivity index (χ0v) is 15.9. The van der Waals surface area contributed by atoms with E-state index in [1.807, 2.05) is 30.3 Å². The number of ether oxygens (including phenoxy) is 1. The first-order valence-electron chi connectivity index (χ1n) is 8.03. The fourth-order valence-electron chi connectivity index (χ4n) is 2.59. The van der Waals surface area contributed by atoms with Crippen molar-refractivity contribution in [2.24, 2.45) is 4.99 Å². The van der Waals surface area contributed by atoms with Gasteiger partial charge in [-0.2, -0.15) is 8.78 Å². The Labute approximate surface area is 163 Å². The SMILES string of the molecule is COc1ccc(N=C(C[S@](=O)c2cccc3ccccc23)C(F)(F)Cl)cc1. The maximum atomic E-state index is 13.9. The molecule has 7 heteroatoms. The van der Waals surface area contributed by atoms with Crippen molar-refractivity contribution >= 4 is 44.6 Å². The second-order valence-electron chi connectivity index (χ2n) is 5.72. The number of benzene rings is 3. The van der Waals surface area contributed by atoms with Gasteiger partial charge in [0.2, 0.25) is 0 Å². The molecule has 27 heavy (non-hydrogen) atoms. The van der Waals surface area contributed by atoms with Crippen molar-refractivity contribution in [2.45, 2.75) is 10.3 Å². The lowest BCUT2D eigenvalue weighted by Crippen LogP contribution is -2.27. The third kappa shape index (κ3) is 4.70. The predicted molar refractivity (Wildman–Crippen MR) is 106 cm³/mol. The minimum absolute atomic E-state index is 0.279. The molecule has 3 rings (SSSR count). The molecular formula is C20H16ClF2NO2S. The molecule has 3 aromatic carbocycles. The van der Waals surface area contributed by atoms with Gasteiger partial charge in [0, 0.05) is 4.90 Å². The molecule has 0 aliphatic heterocycles. The van der Waals surface area contributed by atoms with Crippen LogP contribution in [-0.4, -0.2) is 28.2 Å². The summed E-state index contributed by atoms with van der Waals surface area (Å²) in [6, 6.07) is 18.9. The summed E-state index contributed by atoms with van der Waals surface area (Å²) < 4.78 is 45.6. The Bertz CT molecular complexity index is 996. The molecule has 0 aliphatic carbocycles. The standard InChI is InChI=1S/C20H16ClF2NO2S/c1-26-16-11-9-15(10-12-16)24-19(20(21,22)23)13-27(25)18-8-4-6-14-5-2-3-7-17(14)18/h2-12H,13H2,1H3/t27-/m0/s1. The van der Waals surface area contributed by atoms with Crippen molar-refractivity contribution in [1.82, 2.24) is 0 Å². The lowest BCUT2D eigenvalue weighted by Gasteiger charge is -2.13. The van der Waals surface area contributed by atoms with E-state index in [-0.39, 0.29) is 5.69 Å². The molecule has 0 aromatic heterocycles. The molecule has 0 aliphatic rings. The summed E-state index contributed by atoms with van der Waals surface area (Å²) in [5, 5.41) is -2.07. The van der Waals surface area contributed by atoms with Crippen LogP contribution in [0.5, 0.6) is 5.75 Å². The summed E-state index contributed by atoms with van der Waals surface area (Å²) in [4.78, 5) is 4.41. The van der Waals surface area contributed by atoms with Crippen LogP contribution in [0.15, 0.2) is 76.6 Å². The molecule has 1 atom stereocenters. The van der Waals surface area contributed by atoms with Gasteiger partial charge in [0.1, 0.15) is 11.5 Å². The average molecular weight is 408 g/mol. The molecule has 0 amide bonds. The maximum Gasteiger partial charge on any atom is 0.361 e. The minimum Gasteiger partial charge on any atom is -0.497 e. The highest BCUT2D eigenvalue weighted by Gasteiger charge is 2.34. The summed E-state index contributed by atoms with van der Waals surface area (Å²) in [6.07, 6.45) is 0. The van der Waals surface area contributed by atoms with Crippen molar-refractivity contribution in [2.75, 3.05) is 12.9 Å². The number of hydrogen-bond acceptors (Lipinski definition) is 3. The Kier molecular flexibility index (Phi) is 5.87. The van der Waals surface area contributed by atoms with Gasteiger partial charge in [0.25, 0.3) is 0 Å². The zero-order valence-electron chi connectivity index (χ0n) is 14.4. The van der Waals surface area contributed by atoms with Crippen LogP contribution in [0.25, 0.3) is 10.8 Å². The highest BCUT2D eigenvalue weighted by atomic mass is 35.5.